The van der Waals surface area contributed by atoms with Gasteiger partial charge in [0.15, 0.2) is 5.82 Å². The highest BCUT2D eigenvalue weighted by Crippen LogP contribution is 2.26. The predicted octanol–water partition coefficient (Wildman–Crippen LogP) is 3.39. The van der Waals surface area contributed by atoms with E-state index in [1.54, 1.807) is 22.2 Å². The van der Waals surface area contributed by atoms with Crippen molar-refractivity contribution in [1.82, 2.24) is 14.8 Å². The third-order valence-corrected chi connectivity index (χ3v) is 3.58. The van der Waals surface area contributed by atoms with Crippen LogP contribution in [0.1, 0.15) is 25.8 Å². The SMILES string of the molecule is CC(C)(C)c1nc(-n2cc(Br)cn2)cs1. The maximum Gasteiger partial charge on any atom is 0.164 e. The lowest BCUT2D eigenvalue weighted by atomic mass is 9.98. The molecule has 2 heterocycles. The van der Waals surface area contributed by atoms with Crippen LogP contribution in [0.5, 0.6) is 0 Å². The molecule has 0 N–H and O–H groups in total. The quantitative estimate of drug-likeness (QED) is 0.804. The number of halogens is 1. The van der Waals surface area contributed by atoms with Crippen LogP contribution < -0.4 is 0 Å². The lowest BCUT2D eigenvalue weighted by Crippen LogP contribution is -2.10. The monoisotopic (exact) mass is 285 g/mol. The van der Waals surface area contributed by atoms with Crippen LogP contribution in [-0.4, -0.2) is 14.8 Å². The van der Waals surface area contributed by atoms with E-state index in [1.165, 1.54) is 0 Å². The normalized spacial score (nSPS) is 12.0. The van der Waals surface area contributed by atoms with E-state index in [-0.39, 0.29) is 5.41 Å². The first-order valence-corrected chi connectivity index (χ1v) is 6.30. The van der Waals surface area contributed by atoms with Crippen LogP contribution in [0.4, 0.5) is 0 Å². The van der Waals surface area contributed by atoms with Gasteiger partial charge < -0.3 is 0 Å². The van der Waals surface area contributed by atoms with Gasteiger partial charge in [0.1, 0.15) is 5.01 Å². The summed E-state index contributed by atoms with van der Waals surface area (Å²) in [5, 5.41) is 7.35. The van der Waals surface area contributed by atoms with Crippen LogP contribution in [-0.2, 0) is 5.41 Å². The van der Waals surface area contributed by atoms with E-state index in [0.29, 0.717) is 0 Å². The zero-order valence-electron chi connectivity index (χ0n) is 8.86. The summed E-state index contributed by atoms with van der Waals surface area (Å²) in [4.78, 5) is 4.56. The van der Waals surface area contributed by atoms with Gasteiger partial charge in [-0.25, -0.2) is 9.67 Å². The molecule has 0 atom stereocenters. The first-order chi connectivity index (χ1) is 6.97. The minimum atomic E-state index is 0.104. The molecule has 0 aromatic carbocycles. The molecule has 3 nitrogen and oxygen atoms in total. The molecular weight excluding hydrogens is 274 g/mol. The third-order valence-electron chi connectivity index (χ3n) is 1.92. The summed E-state index contributed by atoms with van der Waals surface area (Å²) in [6.07, 6.45) is 3.66. The van der Waals surface area contributed by atoms with Crippen molar-refractivity contribution >= 4 is 27.3 Å². The highest BCUT2D eigenvalue weighted by atomic mass is 79.9. The molecule has 0 fully saturated rings. The van der Waals surface area contributed by atoms with Gasteiger partial charge in [0, 0.05) is 17.0 Å². The Morgan fingerprint density at radius 2 is 2.13 bits per heavy atom. The molecular formula is C10H12BrN3S. The average molecular weight is 286 g/mol. The molecule has 2 aromatic rings. The van der Waals surface area contributed by atoms with Crippen molar-refractivity contribution in [2.24, 2.45) is 0 Å². The van der Waals surface area contributed by atoms with Gasteiger partial charge in [-0.2, -0.15) is 5.10 Å². The molecule has 2 rings (SSSR count). The van der Waals surface area contributed by atoms with Crippen LogP contribution in [0, 0.1) is 0 Å². The van der Waals surface area contributed by atoms with E-state index in [9.17, 15) is 0 Å². The fourth-order valence-corrected chi connectivity index (χ4v) is 2.30. The van der Waals surface area contributed by atoms with E-state index in [4.69, 9.17) is 0 Å². The fourth-order valence-electron chi connectivity index (χ4n) is 1.14. The summed E-state index contributed by atoms with van der Waals surface area (Å²) in [6.45, 7) is 6.48. The summed E-state index contributed by atoms with van der Waals surface area (Å²) in [7, 11) is 0. The average Bonchev–Trinajstić information content (AvgIpc) is 2.69. The summed E-state index contributed by atoms with van der Waals surface area (Å²) in [6, 6.07) is 0. The van der Waals surface area contributed by atoms with Crippen LogP contribution in [0.2, 0.25) is 0 Å². The zero-order chi connectivity index (χ0) is 11.1. The minimum absolute atomic E-state index is 0.104. The molecule has 80 valence electrons. The van der Waals surface area contributed by atoms with Gasteiger partial charge in [-0.1, -0.05) is 20.8 Å². The van der Waals surface area contributed by atoms with Crippen molar-refractivity contribution in [3.63, 3.8) is 0 Å². The molecule has 0 unspecified atom stereocenters. The number of nitrogens with zero attached hydrogens (tertiary/aromatic N) is 3. The van der Waals surface area contributed by atoms with Gasteiger partial charge in [-0.15, -0.1) is 11.3 Å². The van der Waals surface area contributed by atoms with E-state index in [2.05, 4.69) is 46.8 Å². The highest BCUT2D eigenvalue weighted by molar-refractivity contribution is 9.10. The van der Waals surface area contributed by atoms with Crippen molar-refractivity contribution in [3.8, 4) is 5.82 Å². The smallest absolute Gasteiger partial charge is 0.164 e. The predicted molar refractivity (Wildman–Crippen MR) is 65.6 cm³/mol. The molecule has 0 radical (unpaired) electrons. The van der Waals surface area contributed by atoms with E-state index in [0.717, 1.165) is 15.3 Å². The Balaban J connectivity index is 2.36. The third kappa shape index (κ3) is 2.29. The fraction of sp³-hybridized carbons (Fsp3) is 0.400. The lowest BCUT2D eigenvalue weighted by Gasteiger charge is -2.13. The molecule has 15 heavy (non-hydrogen) atoms. The summed E-state index contributed by atoms with van der Waals surface area (Å²) < 4.78 is 2.74. The Morgan fingerprint density at radius 1 is 1.40 bits per heavy atom. The van der Waals surface area contributed by atoms with Gasteiger partial charge in [-0.05, 0) is 15.9 Å². The maximum absolute atomic E-state index is 4.56. The van der Waals surface area contributed by atoms with Crippen molar-refractivity contribution in [2.75, 3.05) is 0 Å². The van der Waals surface area contributed by atoms with Crippen LogP contribution >= 0.6 is 27.3 Å². The van der Waals surface area contributed by atoms with Crippen molar-refractivity contribution in [2.45, 2.75) is 26.2 Å². The zero-order valence-corrected chi connectivity index (χ0v) is 11.3. The number of hydrogen-bond donors (Lipinski definition) is 0. The Labute approximate surface area is 101 Å². The Bertz CT molecular complexity index is 467. The summed E-state index contributed by atoms with van der Waals surface area (Å²) in [5.74, 6) is 0.885. The Kier molecular flexibility index (Phi) is 2.68. The molecule has 0 bridgehead atoms. The maximum atomic E-state index is 4.56. The van der Waals surface area contributed by atoms with Gasteiger partial charge in [0.25, 0.3) is 0 Å². The van der Waals surface area contributed by atoms with Gasteiger partial charge >= 0.3 is 0 Å². The number of hydrogen-bond acceptors (Lipinski definition) is 3. The first kappa shape index (κ1) is 10.8. The second-order valence-electron chi connectivity index (χ2n) is 4.36. The van der Waals surface area contributed by atoms with Gasteiger partial charge in [0.05, 0.1) is 10.7 Å². The largest absolute Gasteiger partial charge is 0.222 e. The van der Waals surface area contributed by atoms with Crippen LogP contribution in [0.15, 0.2) is 22.2 Å². The molecule has 0 aliphatic rings. The van der Waals surface area contributed by atoms with Crippen molar-refractivity contribution in [3.05, 3.63) is 27.3 Å². The molecule has 0 aliphatic heterocycles. The van der Waals surface area contributed by atoms with Crippen LogP contribution in [0.3, 0.4) is 0 Å². The molecule has 0 spiro atoms. The first-order valence-electron chi connectivity index (χ1n) is 4.63. The second kappa shape index (κ2) is 3.72. The van der Waals surface area contributed by atoms with Crippen LogP contribution in [0.25, 0.3) is 5.82 Å². The molecule has 5 heteroatoms. The standard InChI is InChI=1S/C10H12BrN3S/c1-10(2,3)9-13-8(6-15-9)14-5-7(11)4-12-14/h4-6H,1-3H3. The van der Waals surface area contributed by atoms with E-state index in [1.807, 2.05) is 11.6 Å². The molecule has 0 amide bonds. The van der Waals surface area contributed by atoms with Crippen molar-refractivity contribution in [1.29, 1.82) is 0 Å². The molecule has 2 aromatic heterocycles. The molecule has 0 aliphatic carbocycles. The number of thiazole rings is 1. The lowest BCUT2D eigenvalue weighted by molar-refractivity contribution is 0.583. The van der Waals surface area contributed by atoms with E-state index < -0.39 is 0 Å². The summed E-state index contributed by atoms with van der Waals surface area (Å²) >= 11 is 5.04. The molecule has 0 saturated heterocycles. The number of aromatic nitrogens is 3. The Hall–Kier alpha value is -0.680. The second-order valence-corrected chi connectivity index (χ2v) is 6.14. The van der Waals surface area contributed by atoms with E-state index >= 15 is 0 Å². The van der Waals surface area contributed by atoms with Crippen molar-refractivity contribution < 1.29 is 0 Å². The van der Waals surface area contributed by atoms with Gasteiger partial charge in [0.2, 0.25) is 0 Å². The topological polar surface area (TPSA) is 30.7 Å². The minimum Gasteiger partial charge on any atom is -0.222 e. The number of rotatable bonds is 1. The highest BCUT2D eigenvalue weighted by Gasteiger charge is 2.18. The molecule has 0 saturated carbocycles. The summed E-state index contributed by atoms with van der Waals surface area (Å²) in [5.41, 5.74) is 0.104. The van der Waals surface area contributed by atoms with Gasteiger partial charge in [-0.3, -0.25) is 0 Å². The Morgan fingerprint density at radius 3 is 2.60 bits per heavy atom.